The Morgan fingerprint density at radius 2 is 0.718 bits per heavy atom. The molecule has 0 aliphatic heterocycles. The smallest absolute Gasteiger partial charge is 0.693 e. The Labute approximate surface area is 626 Å². The largest absolute Gasteiger partial charge is 1.00 e. The summed E-state index contributed by atoms with van der Waals surface area (Å²) in [4.78, 5) is 65.3. The predicted molar refractivity (Wildman–Crippen MR) is 370 cm³/mol. The number of ketones is 4. The molecule has 0 rings (SSSR count). The Balaban J connectivity index is -0.0000000432. The molecular weight excluding hydrogens is 1670 g/mol. The molecule has 19 nitrogen and oxygen atoms in total. The van der Waals surface area contributed by atoms with Crippen LogP contribution in [0.25, 0.3) is 6.15 Å². The summed E-state index contributed by atoms with van der Waals surface area (Å²) in [5.41, 5.74) is -3.34. The third-order valence-electron chi connectivity index (χ3n) is 8.10. The first-order valence-electron chi connectivity index (χ1n) is 24.8. The van der Waals surface area contributed by atoms with Crippen molar-refractivity contribution >= 4 is 128 Å². The van der Waals surface area contributed by atoms with Crippen LogP contribution in [0.5, 0.6) is 0 Å². The summed E-state index contributed by atoms with van der Waals surface area (Å²) in [7, 11) is -4.60. The topological polar surface area (TPSA) is 349 Å². The van der Waals surface area contributed by atoms with E-state index < -0.39 is 61.6 Å². The van der Waals surface area contributed by atoms with Gasteiger partial charge in [-0.3, -0.25) is 24.0 Å². The van der Waals surface area contributed by atoms with Crippen LogP contribution in [0, 0.1) is 23.7 Å². The molecule has 0 saturated heterocycles. The van der Waals surface area contributed by atoms with Gasteiger partial charge in [0.25, 0.3) is 5.97 Å². The van der Waals surface area contributed by atoms with Crippen molar-refractivity contribution in [2.75, 3.05) is 14.2 Å². The molecule has 0 aliphatic rings. The predicted octanol–water partition coefficient (Wildman–Crippen LogP) is 8.37. The minimum Gasteiger partial charge on any atom is -0.693 e. The molecule has 0 saturated carbocycles. The van der Waals surface area contributed by atoms with Crippen molar-refractivity contribution in [2.24, 2.45) is 23.7 Å². The summed E-state index contributed by atoms with van der Waals surface area (Å²) < 4.78 is 27.7. The molecule has 0 aromatic rings. The van der Waals surface area contributed by atoms with Gasteiger partial charge < -0.3 is 65.1 Å². The van der Waals surface area contributed by atoms with Gasteiger partial charge in [0.2, 0.25) is 0 Å². The molecule has 10 N–H and O–H groups in total. The van der Waals surface area contributed by atoms with E-state index in [4.69, 9.17) is 32.7 Å². The summed E-state index contributed by atoms with van der Waals surface area (Å²) in [5, 5.41) is 45.3. The van der Waals surface area contributed by atoms with Gasteiger partial charge in [0.15, 0.2) is 50.6 Å². The fraction of sp³-hybridized carbons (Fsp3) is 0.778. The number of hydrogen-bond donors (Lipinski definition) is 4. The standard InChI is InChI=1S/3C12H24O3Si.C8H18O3Si.C5H10O.C2H4O2.CH4O.2CH4.2Cu.3HI.H2N.2Na.2H2O.V/c3*1-9(2)10(13)8-11(14)12(3,4)15-16(5,6)7;1-8(2,7(9)10-3)11-12(4,5)6;1-4(2)5(3)6;1-2(3)4;1-2;;;;;;;;;;;;;/h8-9,14H,1-7H3;2*8-9,13H,1-7H3;1-6H3;4H,1-3H3;1H3,(H,3,4);2H,1H3;2*1H4;;;3*1H;1H2;;;2*1H2;/q;;;;;;;;;;;;;;-1;2*+1;;;+3/p-4/b;10-8-;;;;;;;;;;;;;;;;;;. The van der Waals surface area contributed by atoms with E-state index >= 15 is 0 Å². The average Bonchev–Trinajstić information content (AvgIpc) is 3.14. The van der Waals surface area contributed by atoms with E-state index in [9.17, 15) is 39.3 Å². The average molecular weight is 1790 g/mol. The third kappa shape index (κ3) is 95.4. The number of aliphatic carboxylic acids is 1. The van der Waals surface area contributed by atoms with Crippen LogP contribution >= 0.6 is 59.9 Å². The molecule has 0 spiro atoms. The Bertz CT molecular complexity index is 1760. The van der Waals surface area contributed by atoms with Gasteiger partial charge >= 0.3 is 130 Å². The van der Waals surface area contributed by atoms with E-state index in [1.54, 1.807) is 90.0 Å². The van der Waals surface area contributed by atoms with Gasteiger partial charge in [-0.05, 0) is 153 Å². The first-order chi connectivity index (χ1) is 33.2. The molecule has 0 aromatic carbocycles. The maximum atomic E-state index is 11.9. The zero-order chi connectivity index (χ0) is 63.7. The summed E-state index contributed by atoms with van der Waals surface area (Å²) in [6.07, 6.45) is 3.74. The molecule has 516 valence electrons. The van der Waals surface area contributed by atoms with Gasteiger partial charge in [-0.2, -0.15) is 0 Å². The Morgan fingerprint density at radius 1 is 0.494 bits per heavy atom. The first-order valence-corrected chi connectivity index (χ1v) is 52.0. The molecule has 85 heavy (non-hydrogen) atoms. The van der Waals surface area contributed by atoms with Gasteiger partial charge in [-0.25, -0.2) is 4.79 Å². The van der Waals surface area contributed by atoms with Crippen molar-refractivity contribution in [3.63, 3.8) is 0 Å². The monoisotopic (exact) mass is 1790 g/mol. The summed E-state index contributed by atoms with van der Waals surface area (Å²) in [6, 6.07) is 0. The Hall–Kier alpha value is 2.60. The third-order valence-corrected chi connectivity index (χ3v) is 12.6. The number of aliphatic hydroxyl groups is 3. The van der Waals surface area contributed by atoms with Crippen molar-refractivity contribution in [2.45, 2.75) is 240 Å². The van der Waals surface area contributed by atoms with Crippen molar-refractivity contribution in [3.05, 3.63) is 41.7 Å². The number of ether oxygens (including phenoxy) is 1. The zero-order valence-electron chi connectivity index (χ0n) is 57.0. The first kappa shape index (κ1) is 132. The second-order valence-corrected chi connectivity index (χ2v) is 77.2. The van der Waals surface area contributed by atoms with E-state index in [-0.39, 0.29) is 200 Å². The number of carbonyl (C=O) groups is 6. The number of Topliss-reactive ketones (excluding diaryl/α,β-unsaturated/α-hetero) is 1. The molecule has 0 aliphatic carbocycles. The fourth-order valence-electron chi connectivity index (χ4n) is 4.92. The fourth-order valence-corrected chi connectivity index (χ4v) is 11.4. The number of nitrogens with two attached hydrogens (primary N) is 1. The molecule has 0 heterocycles. The molecule has 0 unspecified atom stereocenters. The van der Waals surface area contributed by atoms with Crippen LogP contribution in [0.1, 0.15) is 139 Å². The van der Waals surface area contributed by atoms with E-state index in [1.165, 1.54) is 25.3 Å². The number of hydrogen-bond acceptors (Lipinski definition) is 15. The van der Waals surface area contributed by atoms with Crippen LogP contribution in [0.15, 0.2) is 35.5 Å². The van der Waals surface area contributed by atoms with E-state index in [0.29, 0.717) is 0 Å². The van der Waals surface area contributed by atoms with E-state index in [1.807, 2.05) is 106 Å². The van der Waals surface area contributed by atoms with Crippen LogP contribution < -0.4 is 64.2 Å². The van der Waals surface area contributed by atoms with Crippen LogP contribution in [0.2, 0.25) is 78.6 Å². The number of allylic oxidation sites excluding steroid dienone is 3. The van der Waals surface area contributed by atoms with Crippen molar-refractivity contribution in [1.29, 1.82) is 0 Å². The number of carboxylic acid groups (broad SMARTS) is 1. The second-order valence-electron chi connectivity index (χ2n) is 24.1. The number of esters is 1. The molecular formula is C54H121Cu2I3NNa2O18Si4V. The minimum atomic E-state index is -1.79. The molecule has 31 heteroatoms. The number of halogens is 3. The number of carboxylic acids is 1. The van der Waals surface area contributed by atoms with Crippen LogP contribution in [0.3, 0.4) is 0 Å². The van der Waals surface area contributed by atoms with Gasteiger partial charge in [-0.1, -0.05) is 70.2 Å². The molecule has 0 fully saturated rings. The number of aliphatic hydroxyl groups excluding tert-OH is 3. The van der Waals surface area contributed by atoms with Crippen molar-refractivity contribution in [1.82, 2.24) is 0 Å². The van der Waals surface area contributed by atoms with Crippen LogP contribution in [0.4, 0.5) is 0 Å². The summed E-state index contributed by atoms with van der Waals surface area (Å²) in [5.74, 6) is -1.49. The second kappa shape index (κ2) is 62.7. The van der Waals surface area contributed by atoms with Gasteiger partial charge in [0, 0.05) is 78.1 Å². The molecule has 0 aromatic heterocycles. The van der Waals surface area contributed by atoms with Gasteiger partial charge in [-0.15, -0.1) is 5.76 Å². The SMILES string of the molecule is C.C.CC(=O)C(C)C.CC(=O)O.CC(C)/C([O-])=C/C(=O)C(C)(C)O[Si](C)(C)C.CC(C)C(=O)C=C(O)C(C)(C)O[Si](C)(C)C.CC(C)C(O)=CC(=O)C(C)(C)O[Si](C)(C)C.CO.COC(=O)C(C)(C)O[Si](C)(C)C.O.O.[Cu].[Cu].[I][V]([I])[I].[NH2-].[Na+].[Na+]. The Morgan fingerprint density at radius 3 is 0.906 bits per heavy atom. The van der Waals surface area contributed by atoms with Gasteiger partial charge in [0.05, 0.1) is 12.9 Å². The van der Waals surface area contributed by atoms with Crippen LogP contribution in [-0.4, -0.2) is 136 Å². The molecule has 2 radical (unpaired) electrons. The summed E-state index contributed by atoms with van der Waals surface area (Å²) >= 11 is 7.39. The van der Waals surface area contributed by atoms with E-state index in [2.05, 4.69) is 64.7 Å². The molecule has 0 atom stereocenters. The van der Waals surface area contributed by atoms with Crippen LogP contribution in [-0.2, 0) is 90.3 Å². The van der Waals surface area contributed by atoms with Crippen molar-refractivity contribution in [3.8, 4) is 0 Å². The van der Waals surface area contributed by atoms with E-state index in [0.717, 1.165) is 14.0 Å². The number of rotatable bonds is 19. The maximum Gasteiger partial charge on any atom is 1.00 e. The normalized spacial score (nSPS) is 11.4. The minimum absolute atomic E-state index is 0. The number of methoxy groups -OCH3 is 1. The van der Waals surface area contributed by atoms with Crippen molar-refractivity contribution < 1.29 is 186 Å². The number of carbonyl (C=O) groups excluding carboxylic acids is 5. The summed E-state index contributed by atoms with van der Waals surface area (Å²) in [6.45, 7) is 55.7. The molecule has 0 bridgehead atoms. The maximum absolute atomic E-state index is 11.9. The van der Waals surface area contributed by atoms with Gasteiger partial charge in [0.1, 0.15) is 33.9 Å². The zero-order valence-corrected chi connectivity index (χ0v) is 74.7. The Kier molecular flexibility index (Phi) is 97.2. The molecule has 0 amide bonds. The quantitative estimate of drug-likeness (QED) is 0.0310.